The second-order valence-corrected chi connectivity index (χ2v) is 10.8. The molecule has 2 aromatic heterocycles. The average molecular weight is 561 g/mol. The van der Waals surface area contributed by atoms with Crippen molar-refractivity contribution in [3.05, 3.63) is 78.4 Å². The molecule has 0 aliphatic rings. The van der Waals surface area contributed by atoms with Crippen LogP contribution in [0.2, 0.25) is 0 Å². The molecule has 0 spiro atoms. The fraction of sp³-hybridized carbons (Fsp3) is 0.355. The zero-order chi connectivity index (χ0) is 30.3. The summed E-state index contributed by atoms with van der Waals surface area (Å²) in [5.41, 5.74) is 7.64. The summed E-state index contributed by atoms with van der Waals surface area (Å²) < 4.78 is 6.94. The molecular formula is C31H40N6O4. The number of methoxy groups -OCH3 is 1. The first-order valence-electron chi connectivity index (χ1n) is 13.4. The number of Topliss-reactive ketones (excluding diaryl/α,β-unsaturated/α-hetero) is 1. The van der Waals surface area contributed by atoms with Crippen LogP contribution in [0.25, 0.3) is 10.9 Å². The number of nitrogens with two attached hydrogens (primary N) is 1. The van der Waals surface area contributed by atoms with E-state index in [2.05, 4.69) is 21.4 Å². The second-order valence-electron chi connectivity index (χ2n) is 10.8. The van der Waals surface area contributed by atoms with Gasteiger partial charge in [-0.3, -0.25) is 14.4 Å². The number of para-hydroxylation sites is 1. The monoisotopic (exact) mass is 560 g/mol. The predicted octanol–water partition coefficient (Wildman–Crippen LogP) is 4.18. The number of rotatable bonds is 9. The number of hydrogen-bond acceptors (Lipinski definition) is 6. The highest BCUT2D eigenvalue weighted by Gasteiger charge is 2.25. The van der Waals surface area contributed by atoms with Crippen LogP contribution in [0.3, 0.4) is 0 Å². The minimum atomic E-state index is -0.639. The van der Waals surface area contributed by atoms with Gasteiger partial charge in [0.15, 0.2) is 5.82 Å². The summed E-state index contributed by atoms with van der Waals surface area (Å²) >= 11 is 0. The Kier molecular flexibility index (Phi) is 10.1. The van der Waals surface area contributed by atoms with E-state index in [1.54, 1.807) is 52.1 Å². The Morgan fingerprint density at radius 1 is 1.12 bits per heavy atom. The molecule has 2 aromatic carbocycles. The van der Waals surface area contributed by atoms with Gasteiger partial charge in [-0.05, 0) is 56.5 Å². The normalized spacial score (nSPS) is 12.6. The van der Waals surface area contributed by atoms with Crippen molar-refractivity contribution >= 4 is 34.3 Å². The maximum atomic E-state index is 13.0. The molecule has 4 N–H and O–H groups in total. The fourth-order valence-corrected chi connectivity index (χ4v) is 3.99. The topological polar surface area (TPSA) is 135 Å². The maximum Gasteiger partial charge on any atom is 0.249 e. The van der Waals surface area contributed by atoms with Crippen molar-refractivity contribution < 1.29 is 19.1 Å². The van der Waals surface area contributed by atoms with Gasteiger partial charge >= 0.3 is 0 Å². The Hall–Kier alpha value is -4.44. The van der Waals surface area contributed by atoms with Gasteiger partial charge in [-0.1, -0.05) is 37.3 Å². The summed E-state index contributed by atoms with van der Waals surface area (Å²) in [5, 5.41) is 4.01. The summed E-state index contributed by atoms with van der Waals surface area (Å²) in [6.45, 7) is 6.76. The lowest BCUT2D eigenvalue weighted by Gasteiger charge is -2.22. The van der Waals surface area contributed by atoms with Crippen molar-refractivity contribution in [2.45, 2.75) is 45.7 Å². The van der Waals surface area contributed by atoms with Crippen LogP contribution in [0, 0.1) is 5.92 Å². The molecule has 2 heterocycles. The third-order valence-electron chi connectivity index (χ3n) is 6.81. The Morgan fingerprint density at radius 3 is 2.34 bits per heavy atom. The van der Waals surface area contributed by atoms with Crippen LogP contribution < -0.4 is 15.8 Å². The van der Waals surface area contributed by atoms with E-state index in [1.165, 1.54) is 11.8 Å². The molecule has 2 unspecified atom stereocenters. The first-order chi connectivity index (χ1) is 19.3. The highest BCUT2D eigenvalue weighted by atomic mass is 16.5. The van der Waals surface area contributed by atoms with Crippen LogP contribution in [-0.4, -0.2) is 63.8 Å². The Bertz CT molecular complexity index is 1480. The average Bonchev–Trinajstić information content (AvgIpc) is 3.56. The lowest BCUT2D eigenvalue weighted by molar-refractivity contribution is -0.131. The van der Waals surface area contributed by atoms with Crippen molar-refractivity contribution in [3.63, 3.8) is 0 Å². The molecule has 4 aromatic rings. The van der Waals surface area contributed by atoms with Gasteiger partial charge in [-0.2, -0.15) is 0 Å². The molecule has 0 aliphatic carbocycles. The third kappa shape index (κ3) is 8.04. The van der Waals surface area contributed by atoms with E-state index in [9.17, 15) is 14.4 Å². The van der Waals surface area contributed by atoms with Gasteiger partial charge < -0.3 is 30.2 Å². The number of amides is 2. The number of aromatic nitrogens is 3. The van der Waals surface area contributed by atoms with Crippen molar-refractivity contribution in [1.29, 1.82) is 0 Å². The largest absolute Gasteiger partial charge is 0.497 e. The van der Waals surface area contributed by atoms with E-state index in [-0.39, 0.29) is 23.5 Å². The number of anilines is 1. The molecule has 2 amide bonds. The molecule has 0 radical (unpaired) electrons. The Balaban J connectivity index is 0.000000587. The van der Waals surface area contributed by atoms with Crippen LogP contribution in [0.15, 0.2) is 67.3 Å². The summed E-state index contributed by atoms with van der Waals surface area (Å²) in [6.07, 6.45) is 5.81. The van der Waals surface area contributed by atoms with E-state index in [0.29, 0.717) is 18.0 Å². The number of H-pyrrole nitrogens is 1. The molecule has 41 heavy (non-hydrogen) atoms. The smallest absolute Gasteiger partial charge is 0.249 e. The number of ether oxygens (including phenoxy) is 1. The highest BCUT2D eigenvalue weighted by Crippen LogP contribution is 2.25. The molecule has 4 rings (SSSR count). The first kappa shape index (κ1) is 31.1. The van der Waals surface area contributed by atoms with E-state index in [0.717, 1.165) is 22.0 Å². The standard InChI is InChI=1S/C26H29N5O3.C5H11NO/c1-17(13-19-14-27-22-8-6-5-7-21(19)22)25(32)29-23-15-31(16-28-23)24(26(33)30(2)3)18-9-11-20(34-4)12-10-18;1-4(7)5(2,3)6/h5-12,14-17,24,27H,13H2,1-4H3,(H,29,32);6H2,1-3H3. The molecule has 10 nitrogen and oxygen atoms in total. The maximum absolute atomic E-state index is 13.0. The van der Waals surface area contributed by atoms with Crippen molar-refractivity contribution in [1.82, 2.24) is 19.4 Å². The van der Waals surface area contributed by atoms with Crippen LogP contribution >= 0.6 is 0 Å². The fourth-order valence-electron chi connectivity index (χ4n) is 3.99. The quantitative estimate of drug-likeness (QED) is 0.281. The number of ketones is 1. The number of fused-ring (bicyclic) bond motifs is 1. The van der Waals surface area contributed by atoms with Gasteiger partial charge in [0.05, 0.1) is 19.0 Å². The first-order valence-corrected chi connectivity index (χ1v) is 13.4. The summed E-state index contributed by atoms with van der Waals surface area (Å²) in [4.78, 5) is 45.3. The third-order valence-corrected chi connectivity index (χ3v) is 6.81. The molecule has 218 valence electrons. The lowest BCUT2D eigenvalue weighted by Crippen LogP contribution is -2.39. The van der Waals surface area contributed by atoms with Gasteiger partial charge in [0, 0.05) is 43.3 Å². The Labute approximate surface area is 240 Å². The Morgan fingerprint density at radius 2 is 1.76 bits per heavy atom. The van der Waals surface area contributed by atoms with E-state index in [4.69, 9.17) is 10.5 Å². The molecule has 0 fully saturated rings. The van der Waals surface area contributed by atoms with Crippen LogP contribution in [0.5, 0.6) is 5.75 Å². The summed E-state index contributed by atoms with van der Waals surface area (Å²) in [7, 11) is 5.03. The number of benzene rings is 2. The number of carbonyl (C=O) groups excluding carboxylic acids is 3. The molecule has 2 atom stereocenters. The highest BCUT2D eigenvalue weighted by molar-refractivity contribution is 5.92. The van der Waals surface area contributed by atoms with Gasteiger partial charge in [0.25, 0.3) is 0 Å². The number of nitrogens with one attached hydrogen (secondary N) is 2. The summed E-state index contributed by atoms with van der Waals surface area (Å²) in [6, 6.07) is 14.8. The lowest BCUT2D eigenvalue weighted by atomic mass is 10.00. The van der Waals surface area contributed by atoms with E-state index in [1.807, 2.05) is 55.6 Å². The molecule has 0 aliphatic heterocycles. The molecule has 0 saturated heterocycles. The van der Waals surface area contributed by atoms with Crippen molar-refractivity contribution in [3.8, 4) is 5.75 Å². The van der Waals surface area contributed by atoms with Crippen LogP contribution in [0.4, 0.5) is 5.82 Å². The van der Waals surface area contributed by atoms with Crippen LogP contribution in [-0.2, 0) is 20.8 Å². The minimum absolute atomic E-state index is 0.0208. The van der Waals surface area contributed by atoms with Crippen molar-refractivity contribution in [2.75, 3.05) is 26.5 Å². The van der Waals surface area contributed by atoms with Gasteiger partial charge in [0.2, 0.25) is 11.8 Å². The number of nitrogens with zero attached hydrogens (tertiary/aromatic N) is 3. The van der Waals surface area contributed by atoms with Crippen molar-refractivity contribution in [2.24, 2.45) is 11.7 Å². The van der Waals surface area contributed by atoms with Gasteiger partial charge in [0.1, 0.15) is 17.6 Å². The summed E-state index contributed by atoms with van der Waals surface area (Å²) in [5.74, 6) is 0.643. The van der Waals surface area contributed by atoms with E-state index >= 15 is 0 Å². The minimum Gasteiger partial charge on any atom is -0.497 e. The number of carbonyl (C=O) groups is 3. The zero-order valence-corrected chi connectivity index (χ0v) is 24.8. The number of hydrogen-bond donors (Lipinski definition) is 3. The zero-order valence-electron chi connectivity index (χ0n) is 24.8. The SMILES string of the molecule is CC(=O)C(C)(C)N.COc1ccc(C(C(=O)N(C)C)n2cnc(NC(=O)C(C)Cc3c[nH]c4ccccc34)c2)cc1. The second kappa shape index (κ2) is 13.3. The van der Waals surface area contributed by atoms with Gasteiger partial charge in [-0.25, -0.2) is 4.98 Å². The van der Waals surface area contributed by atoms with Crippen LogP contribution in [0.1, 0.15) is 44.9 Å². The molecule has 0 saturated carbocycles. The molecular weight excluding hydrogens is 520 g/mol. The predicted molar refractivity (Wildman–Crippen MR) is 161 cm³/mol. The number of imidazole rings is 1. The molecule has 10 heteroatoms. The van der Waals surface area contributed by atoms with E-state index < -0.39 is 11.6 Å². The molecule has 0 bridgehead atoms. The number of aromatic amines is 1. The van der Waals surface area contributed by atoms with Gasteiger partial charge in [-0.15, -0.1) is 0 Å². The number of likely N-dealkylation sites (N-methyl/N-ethyl adjacent to an activating group) is 1.